The Labute approximate surface area is 172 Å². The minimum absolute atomic E-state index is 0.258. The van der Waals surface area contributed by atoms with Crippen molar-refractivity contribution >= 4 is 17.7 Å². The second-order valence-electron chi connectivity index (χ2n) is 7.52. The molecule has 1 aromatic rings. The van der Waals surface area contributed by atoms with E-state index < -0.39 is 12.0 Å². The maximum Gasteiger partial charge on any atom is 0.411 e. The molecule has 2 rings (SSSR count). The van der Waals surface area contributed by atoms with Crippen molar-refractivity contribution in [3.63, 3.8) is 0 Å². The summed E-state index contributed by atoms with van der Waals surface area (Å²) < 4.78 is 10.6. The summed E-state index contributed by atoms with van der Waals surface area (Å²) in [4.78, 5) is 28.0. The third-order valence-electron chi connectivity index (χ3n) is 4.77. The van der Waals surface area contributed by atoms with E-state index in [9.17, 15) is 9.59 Å². The van der Waals surface area contributed by atoms with Crippen LogP contribution in [0.15, 0.2) is 24.3 Å². The number of amides is 2. The lowest BCUT2D eigenvalue weighted by atomic mass is 9.89. The summed E-state index contributed by atoms with van der Waals surface area (Å²) in [6.07, 6.45) is 1.95. The summed E-state index contributed by atoms with van der Waals surface area (Å²) in [5, 5.41) is 11.8. The maximum atomic E-state index is 12.6. The van der Waals surface area contributed by atoms with Gasteiger partial charge in [-0.05, 0) is 30.0 Å². The van der Waals surface area contributed by atoms with Crippen LogP contribution >= 0.6 is 0 Å². The second-order valence-corrected chi connectivity index (χ2v) is 7.52. The molecule has 2 amide bonds. The summed E-state index contributed by atoms with van der Waals surface area (Å²) >= 11 is 0. The van der Waals surface area contributed by atoms with Crippen molar-refractivity contribution in [2.45, 2.75) is 26.2 Å². The fraction of sp³-hybridized carbons (Fsp3) is 0.571. The number of rotatable bonds is 8. The number of anilines is 1. The van der Waals surface area contributed by atoms with Crippen LogP contribution in [0.1, 0.15) is 31.7 Å². The summed E-state index contributed by atoms with van der Waals surface area (Å²) in [7, 11) is 1.46. The average Bonchev–Trinajstić information content (AvgIpc) is 2.71. The van der Waals surface area contributed by atoms with Gasteiger partial charge in [-0.15, -0.1) is 0 Å². The van der Waals surface area contributed by atoms with Gasteiger partial charge in [0.25, 0.3) is 0 Å². The van der Waals surface area contributed by atoms with Gasteiger partial charge in [0.2, 0.25) is 5.91 Å². The molecule has 1 atom stereocenters. The number of carbonyl (C=O) groups is 2. The highest BCUT2D eigenvalue weighted by Crippen LogP contribution is 2.27. The molecule has 1 heterocycles. The topological polar surface area (TPSA) is 94.9 Å². The Kier molecular flexibility index (Phi) is 8.90. The molecule has 1 unspecified atom stereocenters. The van der Waals surface area contributed by atoms with E-state index >= 15 is 0 Å². The second kappa shape index (κ2) is 11.4. The Hall–Kier alpha value is -2.63. The maximum absolute atomic E-state index is 12.6. The van der Waals surface area contributed by atoms with Crippen LogP contribution in [-0.4, -0.2) is 68.3 Å². The van der Waals surface area contributed by atoms with Crippen LogP contribution in [0, 0.1) is 17.4 Å². The Morgan fingerprint density at radius 1 is 1.34 bits per heavy atom. The minimum atomic E-state index is -0.531. The first-order chi connectivity index (χ1) is 13.9. The SMILES string of the molecule is CC(C)CC(C(=O)N(C)C#N)c1cccc(NC(=O)OCCN2CCOCC2)c1. The number of hydrogen-bond donors (Lipinski definition) is 1. The third-order valence-corrected chi connectivity index (χ3v) is 4.77. The van der Waals surface area contributed by atoms with E-state index in [-0.39, 0.29) is 11.8 Å². The van der Waals surface area contributed by atoms with Gasteiger partial charge in [-0.2, -0.15) is 5.26 Å². The largest absolute Gasteiger partial charge is 0.448 e. The molecule has 0 aromatic heterocycles. The van der Waals surface area contributed by atoms with Crippen LogP contribution in [0.3, 0.4) is 0 Å². The van der Waals surface area contributed by atoms with Crippen molar-refractivity contribution in [2.75, 3.05) is 51.8 Å². The molecule has 1 saturated heterocycles. The highest BCUT2D eigenvalue weighted by molar-refractivity contribution is 5.87. The van der Waals surface area contributed by atoms with Crippen LogP contribution in [0.25, 0.3) is 0 Å². The number of morpholine rings is 1. The van der Waals surface area contributed by atoms with Crippen molar-refractivity contribution in [3.05, 3.63) is 29.8 Å². The van der Waals surface area contributed by atoms with Gasteiger partial charge >= 0.3 is 6.09 Å². The summed E-state index contributed by atoms with van der Waals surface area (Å²) in [6, 6.07) is 7.13. The van der Waals surface area contributed by atoms with Crippen molar-refractivity contribution in [1.82, 2.24) is 9.80 Å². The van der Waals surface area contributed by atoms with Crippen LogP contribution in [-0.2, 0) is 14.3 Å². The lowest BCUT2D eigenvalue weighted by molar-refractivity contribution is -0.129. The van der Waals surface area contributed by atoms with E-state index in [4.69, 9.17) is 14.7 Å². The number of carbonyl (C=O) groups excluding carboxylic acids is 2. The summed E-state index contributed by atoms with van der Waals surface area (Å²) in [5.74, 6) is -0.428. The molecule has 8 nitrogen and oxygen atoms in total. The number of likely N-dealkylation sites (N-methyl/N-ethyl adjacent to an activating group) is 1. The zero-order valence-corrected chi connectivity index (χ0v) is 17.4. The van der Waals surface area contributed by atoms with E-state index in [2.05, 4.69) is 10.2 Å². The first kappa shape index (κ1) is 22.7. The molecule has 0 aliphatic carbocycles. The van der Waals surface area contributed by atoms with E-state index in [1.54, 1.807) is 18.2 Å². The molecule has 0 bridgehead atoms. The number of nitrogens with one attached hydrogen (secondary N) is 1. The first-order valence-electron chi connectivity index (χ1n) is 9.92. The Morgan fingerprint density at radius 2 is 2.07 bits per heavy atom. The number of nitrogens with zero attached hydrogens (tertiary/aromatic N) is 3. The zero-order valence-electron chi connectivity index (χ0n) is 17.4. The number of nitriles is 1. The van der Waals surface area contributed by atoms with E-state index in [0.29, 0.717) is 38.5 Å². The number of ether oxygens (including phenoxy) is 2. The van der Waals surface area contributed by atoms with Gasteiger partial charge in [0.05, 0.1) is 19.1 Å². The van der Waals surface area contributed by atoms with Gasteiger partial charge in [-0.3, -0.25) is 19.9 Å². The molecule has 1 aromatic carbocycles. The highest BCUT2D eigenvalue weighted by atomic mass is 16.5. The van der Waals surface area contributed by atoms with Gasteiger partial charge < -0.3 is 9.47 Å². The molecule has 0 saturated carbocycles. The molecule has 29 heavy (non-hydrogen) atoms. The normalized spacial score (nSPS) is 15.4. The summed E-state index contributed by atoms with van der Waals surface area (Å²) in [6.45, 7) is 8.12. The van der Waals surface area contributed by atoms with Crippen molar-refractivity contribution in [3.8, 4) is 6.19 Å². The Morgan fingerprint density at radius 3 is 2.72 bits per heavy atom. The average molecular weight is 402 g/mol. The van der Waals surface area contributed by atoms with Gasteiger partial charge in [0.1, 0.15) is 6.61 Å². The first-order valence-corrected chi connectivity index (χ1v) is 9.92. The Balaban J connectivity index is 1.96. The smallest absolute Gasteiger partial charge is 0.411 e. The minimum Gasteiger partial charge on any atom is -0.448 e. The quantitative estimate of drug-likeness (QED) is 0.531. The molecular formula is C21H30N4O4. The van der Waals surface area contributed by atoms with E-state index in [1.165, 1.54) is 7.05 Å². The monoisotopic (exact) mass is 402 g/mol. The fourth-order valence-corrected chi connectivity index (χ4v) is 3.21. The fourth-order valence-electron chi connectivity index (χ4n) is 3.21. The highest BCUT2D eigenvalue weighted by Gasteiger charge is 2.25. The van der Waals surface area contributed by atoms with Crippen LogP contribution in [0.4, 0.5) is 10.5 Å². The van der Waals surface area contributed by atoms with Gasteiger partial charge in [0.15, 0.2) is 6.19 Å². The van der Waals surface area contributed by atoms with Crippen LogP contribution in [0.2, 0.25) is 0 Å². The molecule has 0 spiro atoms. The lowest BCUT2D eigenvalue weighted by Crippen LogP contribution is -2.38. The van der Waals surface area contributed by atoms with Crippen molar-refractivity contribution < 1.29 is 19.1 Å². The van der Waals surface area contributed by atoms with Gasteiger partial charge in [0, 0.05) is 32.4 Å². The predicted molar refractivity (Wildman–Crippen MR) is 109 cm³/mol. The van der Waals surface area contributed by atoms with Crippen molar-refractivity contribution in [1.29, 1.82) is 5.26 Å². The molecule has 1 fully saturated rings. The summed E-state index contributed by atoms with van der Waals surface area (Å²) in [5.41, 5.74) is 1.32. The molecule has 1 aliphatic heterocycles. The van der Waals surface area contributed by atoms with Crippen LogP contribution < -0.4 is 5.32 Å². The zero-order chi connectivity index (χ0) is 21.2. The van der Waals surface area contributed by atoms with Gasteiger partial charge in [-0.25, -0.2) is 4.79 Å². The number of benzene rings is 1. The molecule has 158 valence electrons. The van der Waals surface area contributed by atoms with E-state index in [0.717, 1.165) is 23.6 Å². The van der Waals surface area contributed by atoms with Gasteiger partial charge in [-0.1, -0.05) is 26.0 Å². The number of hydrogen-bond acceptors (Lipinski definition) is 6. The standard InChI is InChI=1S/C21H30N4O4/c1-16(2)13-19(20(26)24(3)15-22)17-5-4-6-18(14-17)23-21(27)29-12-9-25-7-10-28-11-8-25/h4-6,14,16,19H,7-13H2,1-3H3,(H,23,27). The lowest BCUT2D eigenvalue weighted by Gasteiger charge is -2.26. The molecule has 0 radical (unpaired) electrons. The molecule has 1 aliphatic rings. The predicted octanol–water partition coefficient (Wildman–Crippen LogP) is 2.64. The third kappa shape index (κ3) is 7.37. The Bertz CT molecular complexity index is 726. The van der Waals surface area contributed by atoms with E-state index in [1.807, 2.05) is 26.1 Å². The molecule has 8 heteroatoms. The molecule has 1 N–H and O–H groups in total. The molecular weight excluding hydrogens is 372 g/mol. The van der Waals surface area contributed by atoms with Crippen molar-refractivity contribution in [2.24, 2.45) is 5.92 Å². The van der Waals surface area contributed by atoms with Crippen LogP contribution in [0.5, 0.6) is 0 Å².